The number of carbonyl (C=O) groups is 2. The van der Waals surface area contributed by atoms with Gasteiger partial charge in [-0.1, -0.05) is 0 Å². The number of anilines is 1. The van der Waals surface area contributed by atoms with Crippen LogP contribution in [0, 0.1) is 17.2 Å². The van der Waals surface area contributed by atoms with Gasteiger partial charge in [-0.05, 0) is 74.4 Å². The van der Waals surface area contributed by atoms with Gasteiger partial charge >= 0.3 is 0 Å². The summed E-state index contributed by atoms with van der Waals surface area (Å²) in [6.07, 6.45) is 9.55. The van der Waals surface area contributed by atoms with Gasteiger partial charge in [0.15, 0.2) is 0 Å². The molecule has 2 aliphatic rings. The number of rotatable bonds is 4. The quantitative estimate of drug-likeness (QED) is 0.582. The van der Waals surface area contributed by atoms with Gasteiger partial charge in [0.05, 0.1) is 41.6 Å². The summed E-state index contributed by atoms with van der Waals surface area (Å²) >= 11 is 0. The van der Waals surface area contributed by atoms with Crippen molar-refractivity contribution in [2.75, 3.05) is 18.0 Å². The molecule has 0 spiro atoms. The largest absolute Gasteiger partial charge is 0.337 e. The van der Waals surface area contributed by atoms with Crippen molar-refractivity contribution in [3.05, 3.63) is 77.1 Å². The number of likely N-dealkylation sites (tertiary alicyclic amines) is 1. The van der Waals surface area contributed by atoms with E-state index in [-0.39, 0.29) is 11.8 Å². The number of piperidine rings is 1. The van der Waals surface area contributed by atoms with Crippen molar-refractivity contribution in [1.82, 2.24) is 19.4 Å². The monoisotopic (exact) mass is 468 g/mol. The average Bonchev–Trinajstić information content (AvgIpc) is 3.37. The Balaban J connectivity index is 1.29. The average molecular weight is 469 g/mol. The molecule has 0 radical (unpaired) electrons. The summed E-state index contributed by atoms with van der Waals surface area (Å²) in [7, 11) is 1.83. The molecule has 0 N–H and O–H groups in total. The van der Waals surface area contributed by atoms with Crippen LogP contribution in [-0.2, 0) is 19.0 Å². The second-order valence-electron chi connectivity index (χ2n) is 9.95. The molecule has 178 valence electrons. The fourth-order valence-corrected chi connectivity index (χ4v) is 5.35. The highest BCUT2D eigenvalue weighted by Gasteiger charge is 2.44. The number of benzene rings is 1. The summed E-state index contributed by atoms with van der Waals surface area (Å²) in [5.74, 6) is 0.400. The molecule has 1 saturated heterocycles. The summed E-state index contributed by atoms with van der Waals surface area (Å²) in [6.45, 7) is 5.44. The molecule has 8 heteroatoms. The molecule has 4 heterocycles. The molecule has 35 heavy (non-hydrogen) atoms. The van der Waals surface area contributed by atoms with Gasteiger partial charge < -0.3 is 9.47 Å². The zero-order chi connectivity index (χ0) is 24.7. The Morgan fingerprint density at radius 1 is 1.14 bits per heavy atom. The van der Waals surface area contributed by atoms with Gasteiger partial charge in [0, 0.05) is 31.9 Å². The molecule has 0 unspecified atom stereocenters. The number of imidazole rings is 1. The predicted molar refractivity (Wildman–Crippen MR) is 131 cm³/mol. The molecular weight excluding hydrogens is 440 g/mol. The number of nitriles is 1. The van der Waals surface area contributed by atoms with E-state index in [0.29, 0.717) is 22.7 Å². The zero-order valence-corrected chi connectivity index (χ0v) is 20.2. The lowest BCUT2D eigenvalue weighted by Gasteiger charge is -2.33. The van der Waals surface area contributed by atoms with Crippen molar-refractivity contribution in [2.24, 2.45) is 13.0 Å². The van der Waals surface area contributed by atoms with Crippen molar-refractivity contribution < 1.29 is 9.59 Å². The van der Waals surface area contributed by atoms with Crippen LogP contribution in [0.3, 0.4) is 0 Å². The Hall–Kier alpha value is -3.99. The van der Waals surface area contributed by atoms with Gasteiger partial charge in [0.25, 0.3) is 11.8 Å². The second-order valence-corrected chi connectivity index (χ2v) is 9.95. The van der Waals surface area contributed by atoms with Gasteiger partial charge in [-0.2, -0.15) is 5.26 Å². The van der Waals surface area contributed by atoms with E-state index in [0.717, 1.165) is 49.2 Å². The maximum absolute atomic E-state index is 13.3. The number of hydrogen-bond acceptors (Lipinski definition) is 5. The zero-order valence-electron chi connectivity index (χ0n) is 20.2. The highest BCUT2D eigenvalue weighted by atomic mass is 16.2. The summed E-state index contributed by atoms with van der Waals surface area (Å²) in [5, 5.41) is 9.30. The van der Waals surface area contributed by atoms with E-state index in [9.17, 15) is 14.9 Å². The van der Waals surface area contributed by atoms with Crippen molar-refractivity contribution in [1.29, 1.82) is 5.26 Å². The van der Waals surface area contributed by atoms with Crippen LogP contribution in [0.2, 0.25) is 0 Å². The Bertz CT molecular complexity index is 1340. The molecule has 0 saturated carbocycles. The normalized spacial score (nSPS) is 17.4. The van der Waals surface area contributed by atoms with Crippen molar-refractivity contribution >= 4 is 17.5 Å². The number of pyridine rings is 1. The summed E-state index contributed by atoms with van der Waals surface area (Å²) in [4.78, 5) is 38.3. The highest BCUT2D eigenvalue weighted by molar-refractivity contribution is 6.12. The van der Waals surface area contributed by atoms with Gasteiger partial charge in [-0.25, -0.2) is 4.98 Å². The van der Waals surface area contributed by atoms with Crippen LogP contribution in [0.15, 0.2) is 49.2 Å². The van der Waals surface area contributed by atoms with Gasteiger partial charge in [0.2, 0.25) is 0 Å². The van der Waals surface area contributed by atoms with E-state index in [2.05, 4.69) is 22.1 Å². The van der Waals surface area contributed by atoms with E-state index < -0.39 is 5.54 Å². The van der Waals surface area contributed by atoms with Gasteiger partial charge in [0.1, 0.15) is 5.69 Å². The molecule has 0 aliphatic carbocycles. The minimum atomic E-state index is -0.586. The van der Waals surface area contributed by atoms with Gasteiger partial charge in [-0.15, -0.1) is 0 Å². The molecular formula is C27H28N6O2. The molecule has 2 amide bonds. The topological polar surface area (TPSA) is 95.1 Å². The fraction of sp³-hybridized carbons (Fsp3) is 0.370. The highest BCUT2D eigenvalue weighted by Crippen LogP contribution is 2.42. The molecule has 2 aromatic heterocycles. The molecule has 1 aromatic carbocycles. The van der Waals surface area contributed by atoms with E-state index in [1.807, 2.05) is 38.1 Å². The molecule has 2 aliphatic heterocycles. The third-order valence-corrected chi connectivity index (χ3v) is 7.30. The molecule has 3 aromatic rings. The SMILES string of the molecule is Cn1cncc1C(=O)N1CCC(Cc2cncc(N3C(=O)c4ccc(C#N)cc4C3(C)C)c2)CC1. The Labute approximate surface area is 204 Å². The first-order valence-electron chi connectivity index (χ1n) is 11.9. The van der Waals surface area contributed by atoms with E-state index in [4.69, 9.17) is 0 Å². The lowest BCUT2D eigenvalue weighted by Crippen LogP contribution is -2.40. The van der Waals surface area contributed by atoms with Crippen molar-refractivity contribution in [3.63, 3.8) is 0 Å². The van der Waals surface area contributed by atoms with Crippen molar-refractivity contribution in [3.8, 4) is 6.07 Å². The molecule has 1 fully saturated rings. The van der Waals surface area contributed by atoms with E-state index in [1.54, 1.807) is 40.3 Å². The Kier molecular flexibility index (Phi) is 5.64. The Morgan fingerprint density at radius 2 is 1.91 bits per heavy atom. The number of hydrogen-bond donors (Lipinski definition) is 0. The van der Waals surface area contributed by atoms with Crippen LogP contribution in [0.1, 0.15) is 64.2 Å². The number of amides is 2. The van der Waals surface area contributed by atoms with Crippen LogP contribution in [0.4, 0.5) is 5.69 Å². The second kappa shape index (κ2) is 8.66. The van der Waals surface area contributed by atoms with E-state index >= 15 is 0 Å². The summed E-state index contributed by atoms with van der Waals surface area (Å²) < 4.78 is 1.76. The lowest BCUT2D eigenvalue weighted by atomic mass is 9.90. The standard InChI is InChI=1S/C27H28N6O2/c1-27(2)23-12-19(13-28)4-5-22(23)25(34)33(27)21-11-20(14-29-15-21)10-18-6-8-32(9-7-18)26(35)24-16-30-17-31(24)3/h4-5,11-12,14-18H,6-10H2,1-3H3. The van der Waals surface area contributed by atoms with Gasteiger partial charge in [-0.3, -0.25) is 19.5 Å². The maximum Gasteiger partial charge on any atom is 0.272 e. The molecule has 5 rings (SSSR count). The van der Waals surface area contributed by atoms with Crippen LogP contribution >= 0.6 is 0 Å². The first-order valence-corrected chi connectivity index (χ1v) is 11.9. The third kappa shape index (κ3) is 3.97. The summed E-state index contributed by atoms with van der Waals surface area (Å²) in [6, 6.07) is 9.47. The minimum Gasteiger partial charge on any atom is -0.337 e. The van der Waals surface area contributed by atoms with Crippen LogP contribution in [-0.4, -0.2) is 44.3 Å². The number of nitrogens with zero attached hydrogens (tertiary/aromatic N) is 6. The number of carbonyl (C=O) groups excluding carboxylic acids is 2. The number of fused-ring (bicyclic) bond motifs is 1. The smallest absolute Gasteiger partial charge is 0.272 e. The van der Waals surface area contributed by atoms with Crippen LogP contribution in [0.5, 0.6) is 0 Å². The first-order chi connectivity index (χ1) is 16.8. The number of aryl methyl sites for hydroxylation is 1. The Morgan fingerprint density at radius 3 is 2.60 bits per heavy atom. The molecule has 8 nitrogen and oxygen atoms in total. The van der Waals surface area contributed by atoms with Crippen LogP contribution in [0.25, 0.3) is 0 Å². The molecule has 0 bridgehead atoms. The lowest BCUT2D eigenvalue weighted by molar-refractivity contribution is 0.0680. The first kappa shape index (κ1) is 22.8. The fourth-order valence-electron chi connectivity index (χ4n) is 5.35. The van der Waals surface area contributed by atoms with E-state index in [1.165, 1.54) is 0 Å². The minimum absolute atomic E-state index is 0.0287. The maximum atomic E-state index is 13.3. The number of aromatic nitrogens is 3. The van der Waals surface area contributed by atoms with Crippen molar-refractivity contribution in [2.45, 2.75) is 38.6 Å². The van der Waals surface area contributed by atoms with Crippen LogP contribution < -0.4 is 4.90 Å². The predicted octanol–water partition coefficient (Wildman–Crippen LogP) is 3.68. The third-order valence-electron chi connectivity index (χ3n) is 7.30. The molecule has 0 atom stereocenters. The summed E-state index contributed by atoms with van der Waals surface area (Å²) in [5.41, 5.74) is 3.90.